The minimum Gasteiger partial charge on any atom is -0.298 e. The largest absolute Gasteiger partial charge is 0.298 e. The molecule has 0 fully saturated rings. The highest BCUT2D eigenvalue weighted by atomic mass is 16.2. The molecule has 0 bridgehead atoms. The molecule has 0 amide bonds. The Morgan fingerprint density at radius 2 is 2.00 bits per heavy atom. The molecule has 0 aliphatic heterocycles. The fourth-order valence-corrected chi connectivity index (χ4v) is 3.02. The van der Waals surface area contributed by atoms with Crippen molar-refractivity contribution in [2.45, 2.75) is 58.8 Å². The summed E-state index contributed by atoms with van der Waals surface area (Å²) in [6.07, 6.45) is 6.64. The monoisotopic (exact) mass is 296 g/mol. The molecule has 2 nitrogen and oxygen atoms in total. The van der Waals surface area contributed by atoms with E-state index in [1.54, 1.807) is 0 Å². The van der Waals surface area contributed by atoms with Gasteiger partial charge in [-0.15, -0.1) is 5.92 Å². The topological polar surface area (TPSA) is 34.1 Å². The summed E-state index contributed by atoms with van der Waals surface area (Å²) in [5, 5.41) is 0. The van der Waals surface area contributed by atoms with Crippen molar-refractivity contribution in [1.82, 2.24) is 0 Å². The second kappa shape index (κ2) is 7.40. The van der Waals surface area contributed by atoms with E-state index in [2.05, 4.69) is 18.8 Å². The molecule has 0 N–H and O–H groups in total. The molecule has 1 aliphatic carbocycles. The lowest BCUT2D eigenvalue weighted by atomic mass is 9.68. The molecule has 1 aliphatic rings. The van der Waals surface area contributed by atoms with Crippen LogP contribution < -0.4 is 0 Å². The van der Waals surface area contributed by atoms with Gasteiger partial charge in [0, 0.05) is 12.0 Å². The van der Waals surface area contributed by atoms with E-state index >= 15 is 0 Å². The van der Waals surface area contributed by atoms with Crippen LogP contribution in [0.3, 0.4) is 0 Å². The van der Waals surface area contributed by atoms with Crippen molar-refractivity contribution < 1.29 is 9.59 Å². The van der Waals surface area contributed by atoms with Gasteiger partial charge in [0.15, 0.2) is 17.0 Å². The highest BCUT2D eigenvalue weighted by Gasteiger charge is 2.45. The van der Waals surface area contributed by atoms with Crippen LogP contribution in [-0.2, 0) is 11.2 Å². The van der Waals surface area contributed by atoms with Gasteiger partial charge in [-0.3, -0.25) is 9.59 Å². The van der Waals surface area contributed by atoms with Crippen LogP contribution in [0.2, 0.25) is 0 Å². The average molecular weight is 296 g/mol. The van der Waals surface area contributed by atoms with Crippen molar-refractivity contribution in [2.24, 2.45) is 5.41 Å². The number of aryl methyl sites for hydroxylation is 1. The van der Waals surface area contributed by atoms with Gasteiger partial charge in [0.25, 0.3) is 0 Å². The predicted molar refractivity (Wildman–Crippen MR) is 88.7 cm³/mol. The summed E-state index contributed by atoms with van der Waals surface area (Å²) in [6, 6.07) is 7.57. The third kappa shape index (κ3) is 3.30. The fourth-order valence-electron chi connectivity index (χ4n) is 3.02. The molecule has 0 saturated carbocycles. The Bertz CT molecular complexity index is 618. The lowest BCUT2D eigenvalue weighted by molar-refractivity contribution is -0.122. The highest BCUT2D eigenvalue weighted by molar-refractivity contribution is 6.17. The Balaban J connectivity index is 2.19. The smallest absolute Gasteiger partial charge is 0.188 e. The van der Waals surface area contributed by atoms with E-state index in [-0.39, 0.29) is 11.6 Å². The van der Waals surface area contributed by atoms with Crippen molar-refractivity contribution in [3.05, 3.63) is 35.4 Å². The van der Waals surface area contributed by atoms with Gasteiger partial charge in [-0.25, -0.2) is 0 Å². The number of Topliss-reactive ketones (excluding diaryl/α,β-unsaturated/α-hetero) is 2. The van der Waals surface area contributed by atoms with Crippen molar-refractivity contribution in [3.63, 3.8) is 0 Å². The molecule has 0 heterocycles. The Labute approximate surface area is 133 Å². The summed E-state index contributed by atoms with van der Waals surface area (Å²) in [5.41, 5.74) is 0.595. The number of unbranched alkanes of at least 4 members (excludes halogenated alkanes) is 4. The van der Waals surface area contributed by atoms with E-state index in [0.29, 0.717) is 12.0 Å². The predicted octanol–water partition coefficient (Wildman–Crippen LogP) is 4.36. The SMILES string of the molecule is CCCCCCC#CC1(C(C)=O)CCc2ccccc2C1=O. The molecule has 22 heavy (non-hydrogen) atoms. The van der Waals surface area contributed by atoms with Crippen LogP contribution in [0.25, 0.3) is 0 Å². The number of rotatable bonds is 5. The number of fused-ring (bicyclic) bond motifs is 1. The molecule has 1 aromatic carbocycles. The van der Waals surface area contributed by atoms with Crippen molar-refractivity contribution in [2.75, 3.05) is 0 Å². The first-order valence-electron chi connectivity index (χ1n) is 8.25. The number of carbonyl (C=O) groups excluding carboxylic acids is 2. The number of hydrogen-bond acceptors (Lipinski definition) is 2. The van der Waals surface area contributed by atoms with Crippen LogP contribution in [-0.4, -0.2) is 11.6 Å². The van der Waals surface area contributed by atoms with Gasteiger partial charge in [0.05, 0.1) is 0 Å². The normalized spacial score (nSPS) is 20.0. The van der Waals surface area contributed by atoms with Gasteiger partial charge in [0.2, 0.25) is 0 Å². The third-order valence-electron chi connectivity index (χ3n) is 4.48. The molecule has 2 heteroatoms. The first-order valence-corrected chi connectivity index (χ1v) is 8.25. The average Bonchev–Trinajstić information content (AvgIpc) is 2.53. The van der Waals surface area contributed by atoms with Crippen molar-refractivity contribution in [3.8, 4) is 11.8 Å². The maximum absolute atomic E-state index is 12.8. The Kier molecular flexibility index (Phi) is 5.55. The minimum atomic E-state index is -1.11. The van der Waals surface area contributed by atoms with Crippen molar-refractivity contribution in [1.29, 1.82) is 0 Å². The summed E-state index contributed by atoms with van der Waals surface area (Å²) in [7, 11) is 0. The molecule has 0 aromatic heterocycles. The zero-order chi connectivity index (χ0) is 16.0. The van der Waals surface area contributed by atoms with Crippen LogP contribution in [0.15, 0.2) is 24.3 Å². The van der Waals surface area contributed by atoms with E-state index in [4.69, 9.17) is 0 Å². The maximum Gasteiger partial charge on any atom is 0.188 e. The summed E-state index contributed by atoms with van der Waals surface area (Å²) < 4.78 is 0. The Hall–Kier alpha value is -1.88. The molecule has 0 saturated heterocycles. The molecule has 116 valence electrons. The van der Waals surface area contributed by atoms with Crippen LogP contribution in [0.5, 0.6) is 0 Å². The van der Waals surface area contributed by atoms with Crippen molar-refractivity contribution >= 4 is 11.6 Å². The molecule has 2 rings (SSSR count). The summed E-state index contributed by atoms with van der Waals surface area (Å²) >= 11 is 0. The second-order valence-corrected chi connectivity index (χ2v) is 6.06. The fraction of sp³-hybridized carbons (Fsp3) is 0.500. The van der Waals surface area contributed by atoms with Crippen LogP contribution in [0, 0.1) is 17.3 Å². The van der Waals surface area contributed by atoms with Gasteiger partial charge in [-0.1, -0.05) is 56.4 Å². The Morgan fingerprint density at radius 1 is 1.23 bits per heavy atom. The van der Waals surface area contributed by atoms with Crippen LogP contribution in [0.4, 0.5) is 0 Å². The van der Waals surface area contributed by atoms with E-state index in [1.165, 1.54) is 19.8 Å². The number of carbonyl (C=O) groups is 2. The van der Waals surface area contributed by atoms with Gasteiger partial charge < -0.3 is 0 Å². The first-order chi connectivity index (χ1) is 10.6. The second-order valence-electron chi connectivity index (χ2n) is 6.06. The number of ketones is 2. The molecule has 1 unspecified atom stereocenters. The molecule has 0 spiro atoms. The van der Waals surface area contributed by atoms with Gasteiger partial charge in [-0.2, -0.15) is 0 Å². The minimum absolute atomic E-state index is 0.108. The van der Waals surface area contributed by atoms with Gasteiger partial charge in [0.1, 0.15) is 0 Å². The standard InChI is InChI=1S/C20H24O2/c1-3-4-5-6-7-10-14-20(16(2)21)15-13-17-11-8-9-12-18(17)19(20)22/h8-9,11-12H,3-7,13,15H2,1-2H3. The molecule has 0 radical (unpaired) electrons. The number of benzene rings is 1. The van der Waals surface area contributed by atoms with E-state index < -0.39 is 5.41 Å². The van der Waals surface area contributed by atoms with Gasteiger partial charge >= 0.3 is 0 Å². The summed E-state index contributed by atoms with van der Waals surface area (Å²) in [4.78, 5) is 25.0. The highest BCUT2D eigenvalue weighted by Crippen LogP contribution is 2.36. The zero-order valence-electron chi connectivity index (χ0n) is 13.6. The maximum atomic E-state index is 12.8. The summed E-state index contributed by atoms with van der Waals surface area (Å²) in [6.45, 7) is 3.67. The van der Waals surface area contributed by atoms with E-state index in [1.807, 2.05) is 24.3 Å². The molecular weight excluding hydrogens is 272 g/mol. The third-order valence-corrected chi connectivity index (χ3v) is 4.48. The number of hydrogen-bond donors (Lipinski definition) is 0. The van der Waals surface area contributed by atoms with Gasteiger partial charge in [-0.05, 0) is 31.7 Å². The zero-order valence-corrected chi connectivity index (χ0v) is 13.6. The first kappa shape index (κ1) is 16.5. The van der Waals surface area contributed by atoms with Crippen LogP contribution in [0.1, 0.15) is 68.3 Å². The molecule has 1 atom stereocenters. The quantitative estimate of drug-likeness (QED) is 0.459. The lowest BCUT2D eigenvalue weighted by Crippen LogP contribution is -2.40. The molecule has 1 aromatic rings. The van der Waals surface area contributed by atoms with Crippen LogP contribution >= 0.6 is 0 Å². The van der Waals surface area contributed by atoms with E-state index in [0.717, 1.165) is 31.2 Å². The lowest BCUT2D eigenvalue weighted by Gasteiger charge is -2.30. The Morgan fingerprint density at radius 3 is 2.73 bits per heavy atom. The molecular formula is C20H24O2. The summed E-state index contributed by atoms with van der Waals surface area (Å²) in [5.74, 6) is 5.93. The van der Waals surface area contributed by atoms with E-state index in [9.17, 15) is 9.59 Å².